The Hall–Kier alpha value is -0.460. The van der Waals surface area contributed by atoms with E-state index >= 15 is 0 Å². The quantitative estimate of drug-likeness (QED) is 0.522. The van der Waals surface area contributed by atoms with Gasteiger partial charge in [-0.2, -0.15) is 0 Å². The van der Waals surface area contributed by atoms with Crippen LogP contribution >= 0.6 is 0 Å². The van der Waals surface area contributed by atoms with Gasteiger partial charge in [-0.3, -0.25) is 0 Å². The third kappa shape index (κ3) is 2.54. The van der Waals surface area contributed by atoms with Crippen molar-refractivity contribution in [2.24, 2.45) is 0 Å². The summed E-state index contributed by atoms with van der Waals surface area (Å²) in [6.45, 7) is 12.4. The fourth-order valence-corrected chi connectivity index (χ4v) is 0.573. The Morgan fingerprint density at radius 2 is 1.67 bits per heavy atom. The molecule has 0 N–H and O–H groups in total. The lowest BCUT2D eigenvalue weighted by Gasteiger charge is -2.34. The van der Waals surface area contributed by atoms with E-state index in [1.807, 2.05) is 6.92 Å². The van der Waals surface area contributed by atoms with Gasteiger partial charge in [0.05, 0.1) is 0 Å². The summed E-state index contributed by atoms with van der Waals surface area (Å²) in [5.74, 6) is 0. The van der Waals surface area contributed by atoms with Crippen molar-refractivity contribution in [3.05, 3.63) is 12.3 Å². The van der Waals surface area contributed by atoms with Crippen molar-refractivity contribution in [2.75, 3.05) is 7.05 Å². The van der Waals surface area contributed by atoms with Crippen LogP contribution in [0.15, 0.2) is 12.3 Å². The summed E-state index contributed by atoms with van der Waals surface area (Å²) in [4.78, 5) is 2.16. The Balaban J connectivity index is 4.04. The molecule has 0 fully saturated rings. The van der Waals surface area contributed by atoms with Crippen molar-refractivity contribution < 1.29 is 0 Å². The van der Waals surface area contributed by atoms with E-state index in [2.05, 4.69) is 39.3 Å². The molecular formula is C8H17N. The van der Waals surface area contributed by atoms with Gasteiger partial charge in [0, 0.05) is 18.3 Å². The van der Waals surface area contributed by atoms with Gasteiger partial charge in [0.15, 0.2) is 0 Å². The highest BCUT2D eigenvalue weighted by molar-refractivity contribution is 4.92. The van der Waals surface area contributed by atoms with Crippen LogP contribution in [0.25, 0.3) is 0 Å². The second-order valence-electron chi connectivity index (χ2n) is 3.47. The van der Waals surface area contributed by atoms with Crippen molar-refractivity contribution in [1.82, 2.24) is 4.90 Å². The molecule has 0 aliphatic rings. The van der Waals surface area contributed by atoms with Gasteiger partial charge in [-0.1, -0.05) is 6.58 Å². The van der Waals surface area contributed by atoms with Crippen molar-refractivity contribution >= 4 is 0 Å². The molecule has 0 aliphatic carbocycles. The van der Waals surface area contributed by atoms with Crippen LogP contribution < -0.4 is 0 Å². The highest BCUT2D eigenvalue weighted by Crippen LogP contribution is 2.14. The Morgan fingerprint density at radius 3 is 1.67 bits per heavy atom. The van der Waals surface area contributed by atoms with E-state index in [4.69, 9.17) is 0 Å². The summed E-state index contributed by atoms with van der Waals surface area (Å²) in [7, 11) is 2.06. The Labute approximate surface area is 58.4 Å². The smallest absolute Gasteiger partial charge is 0.0311 e. The van der Waals surface area contributed by atoms with Crippen LogP contribution in [0, 0.1) is 0 Å². The van der Waals surface area contributed by atoms with E-state index in [0.717, 1.165) is 5.70 Å². The van der Waals surface area contributed by atoms with Crippen LogP contribution in [-0.2, 0) is 0 Å². The normalized spacial score (nSPS) is 11.2. The number of nitrogens with zero attached hydrogens (tertiary/aromatic N) is 1. The lowest BCUT2D eigenvalue weighted by atomic mass is 10.1. The number of rotatable bonds is 1. The van der Waals surface area contributed by atoms with Crippen LogP contribution in [0.5, 0.6) is 0 Å². The minimum absolute atomic E-state index is 0.214. The largest absolute Gasteiger partial charge is 0.374 e. The summed E-state index contributed by atoms with van der Waals surface area (Å²) in [6, 6.07) is 0. The molecule has 0 aliphatic heterocycles. The first-order chi connectivity index (χ1) is 3.85. The molecule has 0 bridgehead atoms. The van der Waals surface area contributed by atoms with E-state index in [0.29, 0.717) is 0 Å². The average molecular weight is 127 g/mol. The SMILES string of the molecule is C=C(C)N(C)C(C)(C)C. The second-order valence-corrected chi connectivity index (χ2v) is 3.47. The Kier molecular flexibility index (Phi) is 2.30. The maximum Gasteiger partial charge on any atom is 0.0311 e. The third-order valence-electron chi connectivity index (χ3n) is 1.58. The van der Waals surface area contributed by atoms with Gasteiger partial charge in [-0.05, 0) is 27.7 Å². The highest BCUT2D eigenvalue weighted by Gasteiger charge is 2.15. The van der Waals surface area contributed by atoms with E-state index in [-0.39, 0.29) is 5.54 Å². The molecule has 0 atom stereocenters. The van der Waals surface area contributed by atoms with Crippen molar-refractivity contribution in [2.45, 2.75) is 33.2 Å². The molecule has 0 radical (unpaired) electrons. The lowest BCUT2D eigenvalue weighted by Crippen LogP contribution is -2.36. The zero-order valence-electron chi connectivity index (χ0n) is 7.15. The second kappa shape index (κ2) is 2.42. The summed E-state index contributed by atoms with van der Waals surface area (Å²) in [6.07, 6.45) is 0. The van der Waals surface area contributed by atoms with Gasteiger partial charge >= 0.3 is 0 Å². The average Bonchev–Trinajstić information content (AvgIpc) is 1.62. The topological polar surface area (TPSA) is 3.24 Å². The third-order valence-corrected chi connectivity index (χ3v) is 1.58. The standard InChI is InChI=1S/C8H17N/c1-7(2)9(6)8(3,4)5/h1H2,2-6H3. The molecule has 9 heavy (non-hydrogen) atoms. The summed E-state index contributed by atoms with van der Waals surface area (Å²) < 4.78 is 0. The van der Waals surface area contributed by atoms with Crippen LogP contribution in [0.2, 0.25) is 0 Å². The first-order valence-corrected chi connectivity index (χ1v) is 3.25. The highest BCUT2D eigenvalue weighted by atomic mass is 15.2. The molecule has 0 heterocycles. The van der Waals surface area contributed by atoms with Crippen molar-refractivity contribution in [3.63, 3.8) is 0 Å². The molecule has 1 heteroatoms. The van der Waals surface area contributed by atoms with Gasteiger partial charge in [0.1, 0.15) is 0 Å². The molecule has 54 valence electrons. The van der Waals surface area contributed by atoms with Gasteiger partial charge in [-0.25, -0.2) is 0 Å². The molecule has 0 aromatic rings. The molecule has 0 aromatic heterocycles. The zero-order chi connectivity index (χ0) is 7.65. The minimum atomic E-state index is 0.214. The van der Waals surface area contributed by atoms with Crippen LogP contribution in [0.4, 0.5) is 0 Å². The van der Waals surface area contributed by atoms with E-state index in [1.165, 1.54) is 0 Å². The number of hydrogen-bond acceptors (Lipinski definition) is 1. The summed E-state index contributed by atoms with van der Waals surface area (Å²) in [5.41, 5.74) is 1.33. The summed E-state index contributed by atoms with van der Waals surface area (Å²) >= 11 is 0. The van der Waals surface area contributed by atoms with E-state index in [9.17, 15) is 0 Å². The Bertz CT molecular complexity index is 108. The van der Waals surface area contributed by atoms with Gasteiger partial charge in [0.2, 0.25) is 0 Å². The zero-order valence-corrected chi connectivity index (χ0v) is 7.15. The number of allylic oxidation sites excluding steroid dienone is 1. The first kappa shape index (κ1) is 8.54. The minimum Gasteiger partial charge on any atom is -0.374 e. The molecule has 0 amide bonds. The fraction of sp³-hybridized carbons (Fsp3) is 0.750. The lowest BCUT2D eigenvalue weighted by molar-refractivity contribution is 0.229. The van der Waals surface area contributed by atoms with Crippen LogP contribution in [0.1, 0.15) is 27.7 Å². The molecule has 0 saturated carbocycles. The summed E-state index contributed by atoms with van der Waals surface area (Å²) in [5, 5.41) is 0. The maximum atomic E-state index is 3.85. The van der Waals surface area contributed by atoms with Gasteiger partial charge in [-0.15, -0.1) is 0 Å². The molecule has 0 spiro atoms. The first-order valence-electron chi connectivity index (χ1n) is 3.25. The predicted molar refractivity (Wildman–Crippen MR) is 42.3 cm³/mol. The molecule has 0 saturated heterocycles. The molecule has 0 unspecified atom stereocenters. The predicted octanol–water partition coefficient (Wildman–Crippen LogP) is 2.25. The van der Waals surface area contributed by atoms with Crippen LogP contribution in [0.3, 0.4) is 0 Å². The van der Waals surface area contributed by atoms with Gasteiger partial charge in [0.25, 0.3) is 0 Å². The maximum absolute atomic E-state index is 3.85. The van der Waals surface area contributed by atoms with Gasteiger partial charge < -0.3 is 4.90 Å². The van der Waals surface area contributed by atoms with Crippen molar-refractivity contribution in [1.29, 1.82) is 0 Å². The van der Waals surface area contributed by atoms with E-state index < -0.39 is 0 Å². The van der Waals surface area contributed by atoms with Crippen LogP contribution in [-0.4, -0.2) is 17.5 Å². The fourth-order valence-electron chi connectivity index (χ4n) is 0.573. The van der Waals surface area contributed by atoms with Crippen molar-refractivity contribution in [3.8, 4) is 0 Å². The number of hydrogen-bond donors (Lipinski definition) is 0. The Morgan fingerprint density at radius 1 is 1.33 bits per heavy atom. The molecular weight excluding hydrogens is 110 g/mol. The molecule has 0 aromatic carbocycles. The molecule has 1 nitrogen and oxygen atoms in total. The van der Waals surface area contributed by atoms with E-state index in [1.54, 1.807) is 0 Å². The molecule has 0 rings (SSSR count). The monoisotopic (exact) mass is 127 g/mol.